The second-order valence-electron chi connectivity index (χ2n) is 5.77. The number of aromatic nitrogens is 2. The third-order valence-electron chi connectivity index (χ3n) is 3.63. The van der Waals surface area contributed by atoms with Gasteiger partial charge in [-0.3, -0.25) is 4.79 Å². The van der Waals surface area contributed by atoms with Crippen molar-refractivity contribution in [1.29, 1.82) is 0 Å². The minimum atomic E-state index is -0.0993. The first-order valence-electron chi connectivity index (χ1n) is 8.36. The largest absolute Gasteiger partial charge is 0.508 e. The van der Waals surface area contributed by atoms with Crippen LogP contribution in [0.5, 0.6) is 5.75 Å². The molecule has 1 aromatic heterocycles. The fraction of sp³-hybridized carbons (Fsp3) is 0.150. The summed E-state index contributed by atoms with van der Waals surface area (Å²) in [7, 11) is 0. The number of nitrogens with one attached hydrogen (secondary N) is 1. The molecule has 0 aliphatic heterocycles. The summed E-state index contributed by atoms with van der Waals surface area (Å²) in [4.78, 5) is 21.5. The van der Waals surface area contributed by atoms with Gasteiger partial charge in [-0.25, -0.2) is 9.97 Å². The highest BCUT2D eigenvalue weighted by Gasteiger charge is 2.05. The van der Waals surface area contributed by atoms with Crippen molar-refractivity contribution in [2.75, 3.05) is 11.2 Å². The van der Waals surface area contributed by atoms with Crippen molar-refractivity contribution in [3.8, 4) is 5.75 Å². The molecule has 0 saturated carbocycles. The molecule has 2 N–H and O–H groups in total. The highest BCUT2D eigenvalue weighted by atomic mass is 35.5. The minimum Gasteiger partial charge on any atom is -0.508 e. The van der Waals surface area contributed by atoms with Gasteiger partial charge in [-0.05, 0) is 48.0 Å². The van der Waals surface area contributed by atoms with Crippen LogP contribution in [0.15, 0.2) is 70.7 Å². The molecule has 0 atom stereocenters. The highest BCUT2D eigenvalue weighted by Crippen LogP contribution is 2.27. The van der Waals surface area contributed by atoms with Gasteiger partial charge in [-0.15, -0.1) is 11.6 Å². The Hall–Kier alpha value is -2.57. The Morgan fingerprint density at radius 2 is 1.96 bits per heavy atom. The van der Waals surface area contributed by atoms with Gasteiger partial charge >= 0.3 is 0 Å². The average Bonchev–Trinajstić information content (AvgIpc) is 2.64. The van der Waals surface area contributed by atoms with Crippen molar-refractivity contribution >= 4 is 35.0 Å². The number of phenols is 1. The molecule has 1 heterocycles. The number of alkyl halides is 1. The lowest BCUT2D eigenvalue weighted by molar-refractivity contribution is -0.115. The molecule has 5 nitrogen and oxygen atoms in total. The number of rotatable bonds is 7. The predicted octanol–water partition coefficient (Wildman–Crippen LogP) is 4.49. The van der Waals surface area contributed by atoms with Gasteiger partial charge < -0.3 is 10.4 Å². The number of amides is 1. The first-order valence-corrected chi connectivity index (χ1v) is 9.71. The molecule has 27 heavy (non-hydrogen) atoms. The van der Waals surface area contributed by atoms with Gasteiger partial charge in [-0.1, -0.05) is 23.9 Å². The zero-order valence-corrected chi connectivity index (χ0v) is 16.0. The lowest BCUT2D eigenvalue weighted by atomic mass is 10.1. The van der Waals surface area contributed by atoms with Crippen molar-refractivity contribution in [2.24, 2.45) is 0 Å². The highest BCUT2D eigenvalue weighted by molar-refractivity contribution is 7.99. The number of carbonyl (C=O) groups is 1. The average molecular weight is 400 g/mol. The third kappa shape index (κ3) is 5.98. The molecule has 1 amide bonds. The molecule has 0 bridgehead atoms. The van der Waals surface area contributed by atoms with Crippen molar-refractivity contribution in [2.45, 2.75) is 22.8 Å². The van der Waals surface area contributed by atoms with Crippen LogP contribution in [-0.4, -0.2) is 26.9 Å². The van der Waals surface area contributed by atoms with E-state index >= 15 is 0 Å². The zero-order chi connectivity index (χ0) is 19.1. The fourth-order valence-electron chi connectivity index (χ4n) is 2.41. The number of hydrogen-bond acceptors (Lipinski definition) is 5. The molecule has 0 radical (unpaired) electrons. The Morgan fingerprint density at radius 1 is 1.15 bits per heavy atom. The lowest BCUT2D eigenvalue weighted by Gasteiger charge is -2.07. The molecule has 3 rings (SSSR count). The van der Waals surface area contributed by atoms with Crippen LogP contribution in [-0.2, 0) is 11.2 Å². The zero-order valence-electron chi connectivity index (χ0n) is 14.4. The molecular formula is C20H18ClN3O2S. The molecule has 138 valence electrons. The Labute approximate surface area is 166 Å². The standard InChI is InChI=1S/C20H18ClN3O2S/c21-10-8-19(26)23-15-4-6-17(7-5-15)27-20-9-11-22-18(24-20)13-14-2-1-3-16(25)12-14/h1-7,9,11-12,25H,8,10,13H2,(H,23,26). The smallest absolute Gasteiger partial charge is 0.225 e. The molecule has 0 fully saturated rings. The molecular weight excluding hydrogens is 382 g/mol. The van der Waals surface area contributed by atoms with Crippen LogP contribution < -0.4 is 5.32 Å². The summed E-state index contributed by atoms with van der Waals surface area (Å²) >= 11 is 7.08. The maximum absolute atomic E-state index is 11.6. The summed E-state index contributed by atoms with van der Waals surface area (Å²) in [6.07, 6.45) is 2.57. The van der Waals surface area contributed by atoms with Gasteiger partial charge in [0.15, 0.2) is 0 Å². The maximum Gasteiger partial charge on any atom is 0.225 e. The van der Waals surface area contributed by atoms with E-state index in [-0.39, 0.29) is 11.7 Å². The Morgan fingerprint density at radius 3 is 2.70 bits per heavy atom. The maximum atomic E-state index is 11.6. The van der Waals surface area contributed by atoms with Gasteiger partial charge in [0, 0.05) is 35.5 Å². The van der Waals surface area contributed by atoms with Crippen molar-refractivity contribution in [3.63, 3.8) is 0 Å². The van der Waals surface area contributed by atoms with Crippen LogP contribution >= 0.6 is 23.4 Å². The van der Waals surface area contributed by atoms with Crippen molar-refractivity contribution in [1.82, 2.24) is 9.97 Å². The Kier molecular flexibility index (Phi) is 6.68. The summed E-state index contributed by atoms with van der Waals surface area (Å²) in [6, 6.07) is 16.5. The summed E-state index contributed by atoms with van der Waals surface area (Å²) in [5, 5.41) is 13.2. The summed E-state index contributed by atoms with van der Waals surface area (Å²) in [5.74, 6) is 1.13. The summed E-state index contributed by atoms with van der Waals surface area (Å²) < 4.78 is 0. The summed E-state index contributed by atoms with van der Waals surface area (Å²) in [6.45, 7) is 0. The first-order chi connectivity index (χ1) is 13.1. The van der Waals surface area contributed by atoms with Crippen LogP contribution in [0.2, 0.25) is 0 Å². The molecule has 0 saturated heterocycles. The van der Waals surface area contributed by atoms with Gasteiger partial charge in [0.2, 0.25) is 5.91 Å². The molecule has 2 aromatic carbocycles. The van der Waals surface area contributed by atoms with Crippen LogP contribution in [0.1, 0.15) is 17.8 Å². The number of phenolic OH excluding ortho intramolecular Hbond substituents is 1. The van der Waals surface area contributed by atoms with E-state index in [4.69, 9.17) is 11.6 Å². The molecule has 3 aromatic rings. The van der Waals surface area contributed by atoms with E-state index in [1.54, 1.807) is 24.4 Å². The predicted molar refractivity (Wildman–Crippen MR) is 107 cm³/mol. The number of benzene rings is 2. The molecule has 7 heteroatoms. The van der Waals surface area contributed by atoms with Gasteiger partial charge in [0.1, 0.15) is 16.6 Å². The van der Waals surface area contributed by atoms with E-state index < -0.39 is 0 Å². The van der Waals surface area contributed by atoms with Crippen LogP contribution in [0.4, 0.5) is 5.69 Å². The van der Waals surface area contributed by atoms with Gasteiger partial charge in [0.05, 0.1) is 0 Å². The second-order valence-corrected chi connectivity index (χ2v) is 7.24. The first kappa shape index (κ1) is 19.2. The monoisotopic (exact) mass is 399 g/mol. The normalized spacial score (nSPS) is 10.6. The molecule has 0 unspecified atom stereocenters. The minimum absolute atomic E-state index is 0.0993. The Balaban J connectivity index is 1.64. The van der Waals surface area contributed by atoms with E-state index in [1.807, 2.05) is 36.4 Å². The molecule has 0 aliphatic rings. The van der Waals surface area contributed by atoms with Gasteiger partial charge in [0.25, 0.3) is 0 Å². The summed E-state index contributed by atoms with van der Waals surface area (Å²) in [5.41, 5.74) is 1.69. The van der Waals surface area contributed by atoms with Crippen LogP contribution in [0.25, 0.3) is 0 Å². The number of anilines is 1. The van der Waals surface area contributed by atoms with E-state index in [0.29, 0.717) is 24.5 Å². The molecule has 0 aliphatic carbocycles. The van der Waals surface area contributed by atoms with E-state index in [9.17, 15) is 9.90 Å². The number of hydrogen-bond donors (Lipinski definition) is 2. The van der Waals surface area contributed by atoms with E-state index in [0.717, 1.165) is 21.2 Å². The Bertz CT molecular complexity index is 919. The number of aromatic hydroxyl groups is 1. The SMILES string of the molecule is O=C(CCCl)Nc1ccc(Sc2ccnc(Cc3cccc(O)c3)n2)cc1. The quantitative estimate of drug-likeness (QED) is 0.452. The second kappa shape index (κ2) is 9.39. The number of carbonyl (C=O) groups excluding carboxylic acids is 1. The van der Waals surface area contributed by atoms with Crippen molar-refractivity contribution in [3.05, 3.63) is 72.2 Å². The van der Waals surface area contributed by atoms with Gasteiger partial charge in [-0.2, -0.15) is 0 Å². The van der Waals surface area contributed by atoms with Crippen molar-refractivity contribution < 1.29 is 9.90 Å². The van der Waals surface area contributed by atoms with E-state index in [1.165, 1.54) is 11.8 Å². The lowest BCUT2D eigenvalue weighted by Crippen LogP contribution is -2.11. The number of halogens is 1. The topological polar surface area (TPSA) is 75.1 Å². The van der Waals surface area contributed by atoms with E-state index in [2.05, 4.69) is 15.3 Å². The molecule has 0 spiro atoms. The van der Waals surface area contributed by atoms with Crippen LogP contribution in [0.3, 0.4) is 0 Å². The van der Waals surface area contributed by atoms with Crippen LogP contribution in [0, 0.1) is 0 Å². The fourth-order valence-corrected chi connectivity index (χ4v) is 3.37. The number of nitrogens with zero attached hydrogens (tertiary/aromatic N) is 2. The third-order valence-corrected chi connectivity index (χ3v) is 4.77.